The smallest absolute Gasteiger partial charge is 0.220 e. The molecule has 2 saturated heterocycles. The Kier molecular flexibility index (Phi) is 38.2. The molecular formula is C55H101NO13. The normalized spacial score (nSPS) is 26.4. The maximum absolute atomic E-state index is 13.1. The second-order valence-electron chi connectivity index (χ2n) is 19.7. The van der Waals surface area contributed by atoms with Crippen molar-refractivity contribution in [3.05, 3.63) is 36.5 Å². The molecule has 0 spiro atoms. The number of hydrogen-bond acceptors (Lipinski definition) is 13. The largest absolute Gasteiger partial charge is 0.394 e. The van der Waals surface area contributed by atoms with Crippen LogP contribution in [0, 0.1) is 0 Å². The number of carbonyl (C=O) groups is 1. The Bertz CT molecular complexity index is 1300. The molecule has 2 aliphatic rings. The fourth-order valence-electron chi connectivity index (χ4n) is 8.99. The lowest BCUT2D eigenvalue weighted by Gasteiger charge is -2.46. The van der Waals surface area contributed by atoms with Gasteiger partial charge < -0.3 is 65.1 Å². The molecule has 404 valence electrons. The van der Waals surface area contributed by atoms with Crippen LogP contribution in [-0.2, 0) is 23.7 Å². The molecule has 2 heterocycles. The van der Waals surface area contributed by atoms with Crippen molar-refractivity contribution in [2.45, 2.75) is 286 Å². The Morgan fingerprint density at radius 1 is 0.507 bits per heavy atom. The highest BCUT2D eigenvalue weighted by Crippen LogP contribution is 2.30. The van der Waals surface area contributed by atoms with Crippen molar-refractivity contribution >= 4 is 5.91 Å². The quantitative estimate of drug-likeness (QED) is 0.0207. The van der Waals surface area contributed by atoms with Gasteiger partial charge in [0.1, 0.15) is 48.8 Å². The first-order valence-electron chi connectivity index (χ1n) is 27.7. The van der Waals surface area contributed by atoms with Gasteiger partial charge in [0.25, 0.3) is 0 Å². The fraction of sp³-hybridized carbons (Fsp3) is 0.873. The molecule has 2 fully saturated rings. The van der Waals surface area contributed by atoms with Crippen LogP contribution >= 0.6 is 0 Å². The minimum Gasteiger partial charge on any atom is -0.394 e. The van der Waals surface area contributed by atoms with Crippen LogP contribution in [-0.4, -0.2) is 140 Å². The zero-order valence-corrected chi connectivity index (χ0v) is 43.1. The second kappa shape index (κ2) is 41.7. The number of aliphatic hydroxyl groups is 8. The summed E-state index contributed by atoms with van der Waals surface area (Å²) in [6.07, 6.45) is 32.3. The van der Waals surface area contributed by atoms with E-state index in [1.165, 1.54) is 135 Å². The zero-order valence-electron chi connectivity index (χ0n) is 43.1. The van der Waals surface area contributed by atoms with E-state index in [0.29, 0.717) is 12.8 Å². The number of unbranched alkanes of at least 4 members (excludes halogenated alkanes) is 26. The van der Waals surface area contributed by atoms with E-state index < -0.39 is 86.8 Å². The number of amides is 1. The van der Waals surface area contributed by atoms with Gasteiger partial charge in [0.15, 0.2) is 12.6 Å². The Morgan fingerprint density at radius 3 is 1.46 bits per heavy atom. The molecule has 0 saturated carbocycles. The first-order valence-corrected chi connectivity index (χ1v) is 27.7. The van der Waals surface area contributed by atoms with E-state index in [1.807, 2.05) is 6.08 Å². The van der Waals surface area contributed by atoms with Gasteiger partial charge in [-0.15, -0.1) is 0 Å². The zero-order chi connectivity index (χ0) is 50.3. The number of ether oxygens (including phenoxy) is 4. The number of hydrogen-bond donors (Lipinski definition) is 9. The van der Waals surface area contributed by atoms with E-state index in [-0.39, 0.29) is 18.9 Å². The SMILES string of the molecule is CCCC/C=C/CC/C=C/C(O)C(COC1OC(CO)C(OC2OC(CO)C(O)C(O)C2O)C(O)C1O)NC(=O)CCCCCCCCCCCCCCCCC/C=C\CCCCCCCCCC. The molecule has 0 aromatic carbocycles. The van der Waals surface area contributed by atoms with E-state index in [0.717, 1.165) is 44.9 Å². The van der Waals surface area contributed by atoms with Crippen LogP contribution in [0.2, 0.25) is 0 Å². The highest BCUT2D eigenvalue weighted by molar-refractivity contribution is 5.76. The van der Waals surface area contributed by atoms with Gasteiger partial charge >= 0.3 is 0 Å². The Morgan fingerprint density at radius 2 is 0.942 bits per heavy atom. The summed E-state index contributed by atoms with van der Waals surface area (Å²) in [7, 11) is 0. The molecular weight excluding hydrogens is 883 g/mol. The summed E-state index contributed by atoms with van der Waals surface area (Å²) in [4.78, 5) is 13.1. The third-order valence-corrected chi connectivity index (χ3v) is 13.5. The van der Waals surface area contributed by atoms with Gasteiger partial charge in [-0.2, -0.15) is 0 Å². The molecule has 1 amide bonds. The van der Waals surface area contributed by atoms with Crippen molar-refractivity contribution in [1.82, 2.24) is 5.32 Å². The van der Waals surface area contributed by atoms with Crippen LogP contribution in [0.25, 0.3) is 0 Å². The van der Waals surface area contributed by atoms with Crippen molar-refractivity contribution in [2.24, 2.45) is 0 Å². The third kappa shape index (κ3) is 28.3. The average molecular weight is 984 g/mol. The van der Waals surface area contributed by atoms with E-state index >= 15 is 0 Å². The summed E-state index contributed by atoms with van der Waals surface area (Å²) < 4.78 is 22.6. The maximum atomic E-state index is 13.1. The Labute approximate surface area is 417 Å². The Balaban J connectivity index is 1.66. The standard InChI is InChI=1S/C55H101NO13/c1-3-5-7-9-11-13-14-15-16-17-18-19-20-21-22-23-24-25-26-27-28-29-30-31-33-35-37-39-47(60)56-43(44(59)38-36-34-32-12-10-8-6-4-2)42-66-54-52(65)50(63)53(46(41-58)68-54)69-55-51(64)49(62)48(61)45(40-57)67-55/h10,12,17-18,36,38,43-46,48-55,57-59,61-65H,3-9,11,13-16,19-35,37,39-42H2,1-2H3,(H,56,60)/b12-10+,18-17-,38-36+. The summed E-state index contributed by atoms with van der Waals surface area (Å²) in [5, 5.41) is 86.5. The van der Waals surface area contributed by atoms with E-state index in [1.54, 1.807) is 6.08 Å². The number of carbonyl (C=O) groups excluding carboxylic acids is 1. The average Bonchev–Trinajstić information content (AvgIpc) is 3.35. The van der Waals surface area contributed by atoms with Crippen LogP contribution in [0.3, 0.4) is 0 Å². The molecule has 0 bridgehead atoms. The van der Waals surface area contributed by atoms with Crippen LogP contribution in [0.4, 0.5) is 0 Å². The monoisotopic (exact) mass is 984 g/mol. The van der Waals surface area contributed by atoms with Gasteiger partial charge in [-0.05, 0) is 51.4 Å². The van der Waals surface area contributed by atoms with Gasteiger partial charge in [0, 0.05) is 6.42 Å². The molecule has 14 heteroatoms. The first-order chi connectivity index (χ1) is 33.6. The lowest BCUT2D eigenvalue weighted by molar-refractivity contribution is -0.359. The van der Waals surface area contributed by atoms with E-state index in [4.69, 9.17) is 18.9 Å². The maximum Gasteiger partial charge on any atom is 0.220 e. The van der Waals surface area contributed by atoms with Gasteiger partial charge in [-0.1, -0.05) is 192 Å². The summed E-state index contributed by atoms with van der Waals surface area (Å²) in [6, 6.07) is -0.927. The molecule has 2 aliphatic heterocycles. The van der Waals surface area contributed by atoms with E-state index in [9.17, 15) is 45.6 Å². The highest BCUT2D eigenvalue weighted by Gasteiger charge is 2.51. The van der Waals surface area contributed by atoms with E-state index in [2.05, 4.69) is 43.5 Å². The molecule has 0 radical (unpaired) electrons. The topological polar surface area (TPSA) is 228 Å². The summed E-state index contributed by atoms with van der Waals surface area (Å²) in [6.45, 7) is 2.69. The number of nitrogens with one attached hydrogen (secondary N) is 1. The Hall–Kier alpha value is -1.79. The van der Waals surface area contributed by atoms with Crippen molar-refractivity contribution < 1.29 is 64.6 Å². The molecule has 0 aliphatic carbocycles. The van der Waals surface area contributed by atoms with Crippen LogP contribution in [0.5, 0.6) is 0 Å². The van der Waals surface area contributed by atoms with Crippen LogP contribution < -0.4 is 5.32 Å². The summed E-state index contributed by atoms with van der Waals surface area (Å²) >= 11 is 0. The van der Waals surface area contributed by atoms with Gasteiger partial charge in [-0.3, -0.25) is 4.79 Å². The predicted octanol–water partition coefficient (Wildman–Crippen LogP) is 8.27. The van der Waals surface area contributed by atoms with Crippen molar-refractivity contribution in [3.63, 3.8) is 0 Å². The van der Waals surface area contributed by atoms with Crippen LogP contribution in [0.15, 0.2) is 36.5 Å². The minimum atomic E-state index is -1.79. The molecule has 12 unspecified atom stereocenters. The van der Waals surface area contributed by atoms with Crippen molar-refractivity contribution in [3.8, 4) is 0 Å². The van der Waals surface area contributed by atoms with Crippen molar-refractivity contribution in [2.75, 3.05) is 19.8 Å². The molecule has 0 aromatic heterocycles. The van der Waals surface area contributed by atoms with Gasteiger partial charge in [-0.25, -0.2) is 0 Å². The molecule has 69 heavy (non-hydrogen) atoms. The van der Waals surface area contributed by atoms with Gasteiger partial charge in [0.2, 0.25) is 5.91 Å². The third-order valence-electron chi connectivity index (χ3n) is 13.5. The predicted molar refractivity (Wildman–Crippen MR) is 272 cm³/mol. The minimum absolute atomic E-state index is 0.252. The molecule has 0 aromatic rings. The summed E-state index contributed by atoms with van der Waals surface area (Å²) in [5.41, 5.74) is 0. The fourth-order valence-corrected chi connectivity index (χ4v) is 8.99. The van der Waals surface area contributed by atoms with Gasteiger partial charge in [0.05, 0.1) is 32.0 Å². The number of aliphatic hydroxyl groups excluding tert-OH is 8. The second-order valence-corrected chi connectivity index (χ2v) is 19.7. The molecule has 9 N–H and O–H groups in total. The summed E-state index contributed by atoms with van der Waals surface area (Å²) in [5.74, 6) is -0.252. The first kappa shape index (κ1) is 63.3. The molecule has 14 nitrogen and oxygen atoms in total. The molecule has 2 rings (SSSR count). The number of allylic oxidation sites excluding steroid dienone is 5. The lowest BCUT2D eigenvalue weighted by atomic mass is 9.97. The lowest BCUT2D eigenvalue weighted by Crippen LogP contribution is -2.65. The van der Waals surface area contributed by atoms with Crippen LogP contribution in [0.1, 0.15) is 213 Å². The molecule has 12 atom stereocenters. The van der Waals surface area contributed by atoms with Crippen molar-refractivity contribution in [1.29, 1.82) is 0 Å². The highest BCUT2D eigenvalue weighted by atomic mass is 16.7. The number of rotatable bonds is 43.